The SMILES string of the molecule is CC(=O)OC1CC2(C)C(CCC3(C)C2CCC2=C4C(=O)CC5C(C)COC(C)C45CCC23C)C(C)(C)C1OC1OC(CO)C(O)C(O)C1O. The Labute approximate surface area is 291 Å². The summed E-state index contributed by atoms with van der Waals surface area (Å²) in [5.41, 5.74) is 1.35. The zero-order valence-electron chi connectivity index (χ0n) is 30.7. The van der Waals surface area contributed by atoms with Crippen LogP contribution in [-0.2, 0) is 28.5 Å². The molecule has 2 saturated heterocycles. The number of carbonyl (C=O) groups excluding carboxylic acids is 2. The molecule has 7 aliphatic rings. The van der Waals surface area contributed by atoms with Crippen molar-refractivity contribution in [3.8, 4) is 0 Å². The van der Waals surface area contributed by atoms with Crippen molar-refractivity contribution in [1.29, 1.82) is 0 Å². The van der Waals surface area contributed by atoms with Gasteiger partial charge in [-0.1, -0.05) is 47.1 Å². The van der Waals surface area contributed by atoms with Crippen LogP contribution in [0.4, 0.5) is 0 Å². The first kappa shape index (κ1) is 36.0. The van der Waals surface area contributed by atoms with Crippen LogP contribution in [0.2, 0.25) is 0 Å². The van der Waals surface area contributed by atoms with E-state index in [0.717, 1.165) is 50.7 Å². The molecule has 6 fully saturated rings. The van der Waals surface area contributed by atoms with Crippen molar-refractivity contribution in [3.63, 3.8) is 0 Å². The summed E-state index contributed by atoms with van der Waals surface area (Å²) in [6.07, 6.45) is -1.34. The number of rotatable bonds is 4. The van der Waals surface area contributed by atoms with Crippen molar-refractivity contribution < 1.29 is 49.0 Å². The number of allylic oxidation sites excluding steroid dienone is 1. The molecule has 0 bridgehead atoms. The van der Waals surface area contributed by atoms with Gasteiger partial charge in [0.1, 0.15) is 36.6 Å². The van der Waals surface area contributed by atoms with E-state index < -0.39 is 60.9 Å². The van der Waals surface area contributed by atoms with Crippen molar-refractivity contribution in [2.45, 2.75) is 156 Å². The summed E-state index contributed by atoms with van der Waals surface area (Å²) in [4.78, 5) is 26.8. The van der Waals surface area contributed by atoms with E-state index in [9.17, 15) is 30.0 Å². The number of aliphatic hydroxyl groups excluding tert-OH is 4. The predicted octanol–water partition coefficient (Wildman–Crippen LogP) is 4.09. The maximum atomic E-state index is 14.1. The summed E-state index contributed by atoms with van der Waals surface area (Å²) in [6.45, 7) is 17.6. The fourth-order valence-corrected chi connectivity index (χ4v) is 13.7. The third-order valence-electron chi connectivity index (χ3n) is 16.2. The van der Waals surface area contributed by atoms with E-state index in [-0.39, 0.29) is 33.7 Å². The molecule has 0 amide bonds. The Kier molecular flexibility index (Phi) is 8.67. The molecule has 0 radical (unpaired) electrons. The van der Waals surface area contributed by atoms with Crippen molar-refractivity contribution in [1.82, 2.24) is 0 Å². The van der Waals surface area contributed by atoms with Gasteiger partial charge >= 0.3 is 5.97 Å². The number of ketones is 1. The zero-order valence-corrected chi connectivity index (χ0v) is 30.7. The molecule has 7 rings (SSSR count). The summed E-state index contributed by atoms with van der Waals surface area (Å²) in [7, 11) is 0. The van der Waals surface area contributed by atoms with E-state index in [1.165, 1.54) is 12.5 Å². The molecule has 10 nitrogen and oxygen atoms in total. The lowest BCUT2D eigenvalue weighted by atomic mass is 9.34. The van der Waals surface area contributed by atoms with Crippen LogP contribution < -0.4 is 0 Å². The van der Waals surface area contributed by atoms with Crippen LogP contribution in [-0.4, -0.2) is 94.4 Å². The van der Waals surface area contributed by atoms with Gasteiger partial charge in [-0.2, -0.15) is 0 Å². The number of Topliss-reactive ketones (excluding diaryl/α,β-unsaturated/α-hetero) is 1. The highest BCUT2D eigenvalue weighted by molar-refractivity contribution is 6.01. The summed E-state index contributed by atoms with van der Waals surface area (Å²) in [5.74, 6) is 1.12. The molecule has 4 N–H and O–H groups in total. The van der Waals surface area contributed by atoms with Gasteiger partial charge in [0.05, 0.1) is 12.7 Å². The molecule has 16 unspecified atom stereocenters. The van der Waals surface area contributed by atoms with Gasteiger partial charge in [0.25, 0.3) is 0 Å². The fraction of sp³-hybridized carbons (Fsp3) is 0.897. The first-order valence-electron chi connectivity index (χ1n) is 18.9. The molecular formula is C39H60O10. The maximum absolute atomic E-state index is 14.1. The highest BCUT2D eigenvalue weighted by atomic mass is 16.7. The summed E-state index contributed by atoms with van der Waals surface area (Å²) >= 11 is 0. The topological polar surface area (TPSA) is 152 Å². The average molecular weight is 689 g/mol. The molecule has 10 heteroatoms. The normalized spacial score (nSPS) is 53.5. The Balaban J connectivity index is 1.24. The predicted molar refractivity (Wildman–Crippen MR) is 179 cm³/mol. The molecule has 2 aliphatic heterocycles. The van der Waals surface area contributed by atoms with Crippen LogP contribution >= 0.6 is 0 Å². The van der Waals surface area contributed by atoms with Crippen molar-refractivity contribution in [3.05, 3.63) is 11.1 Å². The number of hydrogen-bond donors (Lipinski definition) is 4. The Morgan fingerprint density at radius 2 is 1.67 bits per heavy atom. The van der Waals surface area contributed by atoms with E-state index in [4.69, 9.17) is 18.9 Å². The molecule has 4 saturated carbocycles. The Morgan fingerprint density at radius 1 is 0.959 bits per heavy atom. The first-order valence-corrected chi connectivity index (χ1v) is 18.9. The molecule has 2 heterocycles. The highest BCUT2D eigenvalue weighted by Gasteiger charge is 2.71. The van der Waals surface area contributed by atoms with Gasteiger partial charge in [-0.15, -0.1) is 0 Å². The van der Waals surface area contributed by atoms with Gasteiger partial charge in [-0.25, -0.2) is 0 Å². The van der Waals surface area contributed by atoms with Crippen LogP contribution in [0.15, 0.2) is 11.1 Å². The highest BCUT2D eigenvalue weighted by Crippen LogP contribution is 2.76. The Morgan fingerprint density at radius 3 is 2.35 bits per heavy atom. The van der Waals surface area contributed by atoms with Crippen molar-refractivity contribution in [2.24, 2.45) is 50.7 Å². The number of esters is 1. The van der Waals surface area contributed by atoms with Crippen LogP contribution in [0.25, 0.3) is 0 Å². The van der Waals surface area contributed by atoms with E-state index in [1.54, 1.807) is 0 Å². The van der Waals surface area contributed by atoms with E-state index in [2.05, 4.69) is 48.5 Å². The average Bonchev–Trinajstić information content (AvgIpc) is 3.35. The second-order valence-electron chi connectivity index (χ2n) is 18.4. The zero-order chi connectivity index (χ0) is 35.6. The summed E-state index contributed by atoms with van der Waals surface area (Å²) in [5, 5.41) is 41.6. The lowest BCUT2D eigenvalue weighted by Crippen LogP contribution is -2.68. The van der Waals surface area contributed by atoms with Crippen molar-refractivity contribution in [2.75, 3.05) is 13.2 Å². The van der Waals surface area contributed by atoms with Crippen LogP contribution in [0.1, 0.15) is 107 Å². The molecule has 0 aromatic rings. The molecule has 5 aliphatic carbocycles. The maximum Gasteiger partial charge on any atom is 0.302 e. The molecule has 1 spiro atoms. The van der Waals surface area contributed by atoms with Crippen molar-refractivity contribution >= 4 is 11.8 Å². The van der Waals surface area contributed by atoms with Crippen LogP contribution in [0, 0.1) is 50.7 Å². The Bertz CT molecular complexity index is 1390. The second-order valence-corrected chi connectivity index (χ2v) is 18.4. The Hall–Kier alpha value is -1.40. The monoisotopic (exact) mass is 688 g/mol. The van der Waals surface area contributed by atoms with Gasteiger partial charge in [0, 0.05) is 30.9 Å². The third kappa shape index (κ3) is 4.76. The smallest absolute Gasteiger partial charge is 0.302 e. The minimum Gasteiger partial charge on any atom is -0.460 e. The molecule has 49 heavy (non-hydrogen) atoms. The number of aliphatic hydroxyl groups is 4. The fourth-order valence-electron chi connectivity index (χ4n) is 13.7. The summed E-state index contributed by atoms with van der Waals surface area (Å²) in [6, 6.07) is 0. The quantitative estimate of drug-likeness (QED) is 0.251. The minimum absolute atomic E-state index is 0.0373. The third-order valence-corrected chi connectivity index (χ3v) is 16.2. The van der Waals surface area contributed by atoms with Gasteiger partial charge in [0.2, 0.25) is 0 Å². The summed E-state index contributed by atoms with van der Waals surface area (Å²) < 4.78 is 24.8. The van der Waals surface area contributed by atoms with E-state index in [1.807, 2.05) is 0 Å². The number of hydrogen-bond acceptors (Lipinski definition) is 10. The molecule has 0 aromatic heterocycles. The molecule has 0 aromatic carbocycles. The lowest BCUT2D eigenvalue weighted by Gasteiger charge is -2.71. The van der Waals surface area contributed by atoms with Crippen LogP contribution in [0.3, 0.4) is 0 Å². The molecule has 16 atom stereocenters. The number of carbonyl (C=O) groups is 2. The van der Waals surface area contributed by atoms with E-state index in [0.29, 0.717) is 36.4 Å². The van der Waals surface area contributed by atoms with Gasteiger partial charge in [-0.05, 0) is 97.2 Å². The van der Waals surface area contributed by atoms with Gasteiger partial charge < -0.3 is 39.4 Å². The largest absolute Gasteiger partial charge is 0.460 e. The first-order chi connectivity index (χ1) is 22.9. The van der Waals surface area contributed by atoms with Crippen LogP contribution in [0.5, 0.6) is 0 Å². The molecule has 276 valence electrons. The number of ether oxygens (including phenoxy) is 4. The minimum atomic E-state index is -1.57. The molecular weight excluding hydrogens is 628 g/mol. The van der Waals surface area contributed by atoms with Gasteiger partial charge in [-0.3, -0.25) is 9.59 Å². The van der Waals surface area contributed by atoms with E-state index >= 15 is 0 Å². The second kappa shape index (κ2) is 11.8. The standard InChI is InChI=1S/C39H60O10/c1-19-18-46-20(2)39-14-13-37(7)22(29(39)24(42)15-23(19)39)9-10-28-36(6)16-25(47-21(3)41)33(35(4,5)27(36)11-12-38(28,37)8)49-34-32(45)31(44)30(43)26(17-40)48-34/h19-20,23,25-28,30-34,40,43-45H,9-18H2,1-8H3. The van der Waals surface area contributed by atoms with Gasteiger partial charge in [0.15, 0.2) is 12.1 Å². The number of fused-ring (bicyclic) bond motifs is 5. The lowest BCUT2D eigenvalue weighted by molar-refractivity contribution is -0.342.